The van der Waals surface area contributed by atoms with Crippen molar-refractivity contribution in [1.29, 1.82) is 0 Å². The predicted molar refractivity (Wildman–Crippen MR) is 89.6 cm³/mol. The van der Waals surface area contributed by atoms with Crippen LogP contribution in [0.5, 0.6) is 0 Å². The largest absolute Gasteiger partial charge is 0.480 e. The molecule has 0 aromatic heterocycles. The molecule has 140 valence electrons. The lowest BCUT2D eigenvalue weighted by molar-refractivity contribution is -0.152. The van der Waals surface area contributed by atoms with E-state index in [4.69, 9.17) is 4.74 Å². The standard InChI is InChI=1S/C18H28N2O5/c1-9(2)13(19-15(21)10-5-6-25-8-10)16(22)20-7-11-12(18(11,3)4)14(20)17(23)24/h9-14H,5-8H2,1-4H3,(H,19,21)(H,23,24)/t10-,11-,12-,13-,14-/m0/s1. The number of carbonyl (C=O) groups is 3. The fourth-order valence-corrected chi connectivity index (χ4v) is 4.50. The zero-order valence-electron chi connectivity index (χ0n) is 15.3. The van der Waals surface area contributed by atoms with Gasteiger partial charge in [0.1, 0.15) is 12.1 Å². The fourth-order valence-electron chi connectivity index (χ4n) is 4.50. The van der Waals surface area contributed by atoms with Crippen LogP contribution in [-0.4, -0.2) is 59.6 Å². The highest BCUT2D eigenvalue weighted by Crippen LogP contribution is 2.64. The van der Waals surface area contributed by atoms with Crippen LogP contribution in [0.25, 0.3) is 0 Å². The lowest BCUT2D eigenvalue weighted by Gasteiger charge is -2.33. The highest BCUT2D eigenvalue weighted by atomic mass is 16.5. The van der Waals surface area contributed by atoms with Crippen molar-refractivity contribution in [2.75, 3.05) is 19.8 Å². The second kappa shape index (κ2) is 6.27. The van der Waals surface area contributed by atoms with Gasteiger partial charge in [-0.05, 0) is 23.7 Å². The summed E-state index contributed by atoms with van der Waals surface area (Å²) in [5.74, 6) is -1.53. The van der Waals surface area contributed by atoms with Gasteiger partial charge in [-0.1, -0.05) is 27.7 Å². The molecule has 0 bridgehead atoms. The third-order valence-corrected chi connectivity index (χ3v) is 6.28. The molecule has 2 amide bonds. The van der Waals surface area contributed by atoms with Crippen LogP contribution in [0.1, 0.15) is 34.1 Å². The van der Waals surface area contributed by atoms with Gasteiger partial charge in [0.05, 0.1) is 12.5 Å². The number of aliphatic carboxylic acids is 1. The van der Waals surface area contributed by atoms with Crippen molar-refractivity contribution in [1.82, 2.24) is 10.2 Å². The van der Waals surface area contributed by atoms with Crippen LogP contribution >= 0.6 is 0 Å². The number of nitrogens with zero attached hydrogens (tertiary/aromatic N) is 1. The van der Waals surface area contributed by atoms with Gasteiger partial charge in [0.2, 0.25) is 11.8 Å². The molecule has 2 N–H and O–H groups in total. The zero-order valence-corrected chi connectivity index (χ0v) is 15.3. The molecule has 0 unspecified atom stereocenters. The molecule has 1 saturated carbocycles. The maximum atomic E-state index is 13.0. The molecule has 0 radical (unpaired) electrons. The summed E-state index contributed by atoms with van der Waals surface area (Å²) >= 11 is 0. The Morgan fingerprint density at radius 3 is 2.48 bits per heavy atom. The monoisotopic (exact) mass is 352 g/mol. The smallest absolute Gasteiger partial charge is 0.326 e. The number of likely N-dealkylation sites (tertiary alicyclic amines) is 1. The molecule has 7 heteroatoms. The Kier molecular flexibility index (Phi) is 4.56. The molecule has 0 spiro atoms. The first-order valence-corrected chi connectivity index (χ1v) is 9.07. The average molecular weight is 352 g/mol. The number of hydrogen-bond acceptors (Lipinski definition) is 4. The van der Waals surface area contributed by atoms with Gasteiger partial charge >= 0.3 is 5.97 Å². The number of rotatable bonds is 5. The summed E-state index contributed by atoms with van der Waals surface area (Å²) in [6.07, 6.45) is 0.657. The van der Waals surface area contributed by atoms with Crippen molar-refractivity contribution < 1.29 is 24.2 Å². The summed E-state index contributed by atoms with van der Waals surface area (Å²) in [5, 5.41) is 12.5. The van der Waals surface area contributed by atoms with Crippen molar-refractivity contribution in [3.05, 3.63) is 0 Å². The van der Waals surface area contributed by atoms with Crippen LogP contribution in [0.2, 0.25) is 0 Å². The van der Waals surface area contributed by atoms with Crippen molar-refractivity contribution >= 4 is 17.8 Å². The molecule has 3 fully saturated rings. The van der Waals surface area contributed by atoms with Gasteiger partial charge in [0, 0.05) is 19.1 Å². The number of amides is 2. The molecule has 0 aromatic rings. The fraction of sp³-hybridized carbons (Fsp3) is 0.833. The minimum Gasteiger partial charge on any atom is -0.480 e. The molecule has 2 heterocycles. The molecule has 5 atom stereocenters. The molecule has 25 heavy (non-hydrogen) atoms. The van der Waals surface area contributed by atoms with E-state index in [-0.39, 0.29) is 40.9 Å². The normalized spacial score (nSPS) is 33.9. The van der Waals surface area contributed by atoms with Crippen molar-refractivity contribution in [2.24, 2.45) is 29.1 Å². The summed E-state index contributed by atoms with van der Waals surface area (Å²) in [6.45, 7) is 9.24. The van der Waals surface area contributed by atoms with Gasteiger partial charge in [0.25, 0.3) is 0 Å². The molecule has 7 nitrogen and oxygen atoms in total. The van der Waals surface area contributed by atoms with Crippen LogP contribution in [-0.2, 0) is 19.1 Å². The second-order valence-corrected chi connectivity index (χ2v) is 8.52. The lowest BCUT2D eigenvalue weighted by Crippen LogP contribution is -2.56. The summed E-state index contributed by atoms with van der Waals surface area (Å²) in [5.41, 5.74) is -0.0302. The Labute approximate surface area is 148 Å². The van der Waals surface area contributed by atoms with Gasteiger partial charge in [-0.25, -0.2) is 4.79 Å². The van der Waals surface area contributed by atoms with E-state index in [0.29, 0.717) is 26.2 Å². The summed E-state index contributed by atoms with van der Waals surface area (Å²) < 4.78 is 5.24. The van der Waals surface area contributed by atoms with Gasteiger partial charge in [-0.15, -0.1) is 0 Å². The first-order chi connectivity index (χ1) is 11.7. The van der Waals surface area contributed by atoms with E-state index in [2.05, 4.69) is 19.2 Å². The van der Waals surface area contributed by atoms with Crippen LogP contribution in [0.4, 0.5) is 0 Å². The Morgan fingerprint density at radius 2 is 1.96 bits per heavy atom. The first-order valence-electron chi connectivity index (χ1n) is 9.07. The minimum atomic E-state index is -0.954. The Hall–Kier alpha value is -1.63. The number of ether oxygens (including phenoxy) is 1. The number of carboxylic acids is 1. The molecule has 3 aliphatic rings. The molecule has 1 aliphatic carbocycles. The number of piperidine rings is 1. The molecule has 2 saturated heterocycles. The van der Waals surface area contributed by atoms with Crippen molar-refractivity contribution in [2.45, 2.75) is 46.2 Å². The highest BCUT2D eigenvalue weighted by molar-refractivity contribution is 5.92. The Morgan fingerprint density at radius 1 is 1.28 bits per heavy atom. The predicted octanol–water partition coefficient (Wildman–Crippen LogP) is 0.731. The number of carbonyl (C=O) groups excluding carboxylic acids is 2. The molecule has 2 aliphatic heterocycles. The zero-order chi connectivity index (χ0) is 18.5. The van der Waals surface area contributed by atoms with E-state index >= 15 is 0 Å². The maximum absolute atomic E-state index is 13.0. The van der Waals surface area contributed by atoms with Crippen LogP contribution in [0.3, 0.4) is 0 Å². The molecular formula is C18H28N2O5. The maximum Gasteiger partial charge on any atom is 0.326 e. The molecule has 3 rings (SSSR count). The topological polar surface area (TPSA) is 95.9 Å². The van der Waals surface area contributed by atoms with Crippen molar-refractivity contribution in [3.63, 3.8) is 0 Å². The van der Waals surface area contributed by atoms with E-state index < -0.39 is 18.1 Å². The van der Waals surface area contributed by atoms with E-state index in [9.17, 15) is 19.5 Å². The summed E-state index contributed by atoms with van der Waals surface area (Å²) in [7, 11) is 0. The minimum absolute atomic E-state index is 0.000644. The van der Waals surface area contributed by atoms with Crippen LogP contribution in [0.15, 0.2) is 0 Å². The SMILES string of the molecule is CC(C)[C@H](NC(=O)[C@H]1CCOC1)C(=O)N1C[C@H]2[C@@H]([C@H]1C(=O)O)C2(C)C. The van der Waals surface area contributed by atoms with Crippen LogP contribution < -0.4 is 5.32 Å². The quantitative estimate of drug-likeness (QED) is 0.760. The molecule has 0 aromatic carbocycles. The van der Waals surface area contributed by atoms with Crippen molar-refractivity contribution in [3.8, 4) is 0 Å². The van der Waals surface area contributed by atoms with E-state index in [0.717, 1.165) is 0 Å². The summed E-state index contributed by atoms with van der Waals surface area (Å²) in [6, 6.07) is -1.49. The number of hydrogen-bond donors (Lipinski definition) is 2. The van der Waals surface area contributed by atoms with Gasteiger partial charge in [-0.2, -0.15) is 0 Å². The van der Waals surface area contributed by atoms with E-state index in [1.807, 2.05) is 13.8 Å². The van der Waals surface area contributed by atoms with Gasteiger partial charge in [-0.3, -0.25) is 9.59 Å². The Bertz CT molecular complexity index is 582. The van der Waals surface area contributed by atoms with Gasteiger partial charge in [0.15, 0.2) is 0 Å². The average Bonchev–Trinajstić information content (AvgIpc) is 3.02. The lowest BCUT2D eigenvalue weighted by atomic mass is 9.97. The second-order valence-electron chi connectivity index (χ2n) is 8.52. The number of carboxylic acid groups (broad SMARTS) is 1. The third kappa shape index (κ3) is 3.03. The highest BCUT2D eigenvalue weighted by Gasteiger charge is 2.69. The summed E-state index contributed by atoms with van der Waals surface area (Å²) in [4.78, 5) is 38.7. The Balaban J connectivity index is 1.72. The molecular weight excluding hydrogens is 324 g/mol. The third-order valence-electron chi connectivity index (χ3n) is 6.28. The van der Waals surface area contributed by atoms with E-state index in [1.165, 1.54) is 4.90 Å². The number of fused-ring (bicyclic) bond motifs is 1. The van der Waals surface area contributed by atoms with Crippen LogP contribution in [0, 0.1) is 29.1 Å². The van der Waals surface area contributed by atoms with E-state index in [1.54, 1.807) is 0 Å². The first kappa shape index (κ1) is 18.2. The number of nitrogens with one attached hydrogen (secondary N) is 1. The van der Waals surface area contributed by atoms with Gasteiger partial charge < -0.3 is 20.1 Å².